The molecule has 0 aromatic heterocycles. The van der Waals surface area contributed by atoms with Crippen LogP contribution >= 0.6 is 0 Å². The zero-order chi connectivity index (χ0) is 13.0. The zero-order valence-electron chi connectivity index (χ0n) is 10.8. The highest BCUT2D eigenvalue weighted by Gasteiger charge is 2.31. The quantitative estimate of drug-likeness (QED) is 0.822. The van der Waals surface area contributed by atoms with Crippen molar-refractivity contribution in [3.05, 3.63) is 29.8 Å². The van der Waals surface area contributed by atoms with Gasteiger partial charge < -0.3 is 14.8 Å². The standard InChI is InChI=1S/C14H19NO3/c1-3-10-6-4-5-7-13(10)18-11-8-12(15-9-11)14(16)17-2/h4-7,11-12,15H,3,8-9H2,1-2H3/t11?,12-/m0/s1. The van der Waals surface area contributed by atoms with Crippen LogP contribution in [0.5, 0.6) is 5.75 Å². The first-order chi connectivity index (χ1) is 8.74. The first-order valence-corrected chi connectivity index (χ1v) is 6.30. The fraction of sp³-hybridized carbons (Fsp3) is 0.500. The Morgan fingerprint density at radius 1 is 1.44 bits per heavy atom. The molecule has 98 valence electrons. The Morgan fingerprint density at radius 3 is 2.94 bits per heavy atom. The Bertz CT molecular complexity index is 419. The van der Waals surface area contributed by atoms with Gasteiger partial charge in [0, 0.05) is 13.0 Å². The van der Waals surface area contributed by atoms with E-state index in [0.717, 1.165) is 12.2 Å². The van der Waals surface area contributed by atoms with Gasteiger partial charge in [0.2, 0.25) is 0 Å². The Hall–Kier alpha value is -1.55. The maximum absolute atomic E-state index is 11.4. The maximum atomic E-state index is 11.4. The van der Waals surface area contributed by atoms with Gasteiger partial charge in [-0.15, -0.1) is 0 Å². The summed E-state index contributed by atoms with van der Waals surface area (Å²) >= 11 is 0. The van der Waals surface area contributed by atoms with E-state index in [2.05, 4.69) is 18.3 Å². The average Bonchev–Trinajstić information content (AvgIpc) is 2.87. The minimum atomic E-state index is -0.242. The van der Waals surface area contributed by atoms with E-state index < -0.39 is 0 Å². The molecule has 1 N–H and O–H groups in total. The van der Waals surface area contributed by atoms with E-state index in [1.54, 1.807) is 0 Å². The van der Waals surface area contributed by atoms with Crippen LogP contribution in [0.4, 0.5) is 0 Å². The SMILES string of the molecule is CCc1ccccc1OC1CN[C@H](C(=O)OC)C1. The van der Waals surface area contributed by atoms with Gasteiger partial charge in [0.25, 0.3) is 0 Å². The lowest BCUT2D eigenvalue weighted by Crippen LogP contribution is -2.31. The Labute approximate surface area is 107 Å². The molecule has 18 heavy (non-hydrogen) atoms. The third kappa shape index (κ3) is 2.82. The number of aryl methyl sites for hydroxylation is 1. The van der Waals surface area contributed by atoms with Crippen molar-refractivity contribution in [3.63, 3.8) is 0 Å². The number of para-hydroxylation sites is 1. The minimum Gasteiger partial charge on any atom is -0.489 e. The second-order valence-electron chi connectivity index (χ2n) is 4.42. The first kappa shape index (κ1) is 12.9. The van der Waals surface area contributed by atoms with Crippen molar-refractivity contribution in [2.75, 3.05) is 13.7 Å². The highest BCUT2D eigenvalue weighted by molar-refractivity contribution is 5.76. The molecule has 0 amide bonds. The fourth-order valence-corrected chi connectivity index (χ4v) is 2.21. The van der Waals surface area contributed by atoms with Crippen LogP contribution in [0.15, 0.2) is 24.3 Å². The van der Waals surface area contributed by atoms with Crippen LogP contribution in [0.3, 0.4) is 0 Å². The minimum absolute atomic E-state index is 0.0294. The highest BCUT2D eigenvalue weighted by Crippen LogP contribution is 2.22. The molecular weight excluding hydrogens is 230 g/mol. The Morgan fingerprint density at radius 2 is 2.22 bits per heavy atom. The van der Waals surface area contributed by atoms with Crippen LogP contribution in [0.25, 0.3) is 0 Å². The van der Waals surface area contributed by atoms with Crippen LogP contribution in [0, 0.1) is 0 Å². The van der Waals surface area contributed by atoms with Crippen molar-refractivity contribution >= 4 is 5.97 Å². The monoisotopic (exact) mass is 249 g/mol. The molecule has 1 saturated heterocycles. The largest absolute Gasteiger partial charge is 0.489 e. The van der Waals surface area contributed by atoms with Gasteiger partial charge in [-0.05, 0) is 18.1 Å². The predicted molar refractivity (Wildman–Crippen MR) is 68.7 cm³/mol. The molecule has 1 unspecified atom stereocenters. The lowest BCUT2D eigenvalue weighted by Gasteiger charge is -2.15. The predicted octanol–water partition coefficient (Wildman–Crippen LogP) is 1.53. The van der Waals surface area contributed by atoms with Crippen molar-refractivity contribution in [2.45, 2.75) is 31.9 Å². The molecule has 1 aliphatic rings. The van der Waals surface area contributed by atoms with E-state index >= 15 is 0 Å². The number of carbonyl (C=O) groups excluding carboxylic acids is 1. The summed E-state index contributed by atoms with van der Waals surface area (Å²) in [6.45, 7) is 2.78. The number of carbonyl (C=O) groups is 1. The molecule has 0 spiro atoms. The van der Waals surface area contributed by atoms with Crippen LogP contribution in [-0.2, 0) is 16.0 Å². The van der Waals surface area contributed by atoms with Crippen molar-refractivity contribution in [1.82, 2.24) is 5.32 Å². The lowest BCUT2D eigenvalue weighted by molar-refractivity contribution is -0.142. The molecule has 1 aromatic rings. The number of nitrogens with one attached hydrogen (secondary N) is 1. The Balaban J connectivity index is 1.97. The molecule has 1 aliphatic heterocycles. The topological polar surface area (TPSA) is 47.6 Å². The van der Waals surface area contributed by atoms with Gasteiger partial charge in [-0.25, -0.2) is 0 Å². The van der Waals surface area contributed by atoms with E-state index in [4.69, 9.17) is 9.47 Å². The summed E-state index contributed by atoms with van der Waals surface area (Å²) in [5.41, 5.74) is 1.19. The van der Waals surface area contributed by atoms with Crippen LogP contribution in [-0.4, -0.2) is 31.8 Å². The molecular formula is C14H19NO3. The van der Waals surface area contributed by atoms with E-state index in [0.29, 0.717) is 13.0 Å². The average molecular weight is 249 g/mol. The van der Waals surface area contributed by atoms with Crippen molar-refractivity contribution < 1.29 is 14.3 Å². The van der Waals surface area contributed by atoms with E-state index in [1.165, 1.54) is 12.7 Å². The van der Waals surface area contributed by atoms with Gasteiger partial charge in [0.1, 0.15) is 17.9 Å². The zero-order valence-corrected chi connectivity index (χ0v) is 10.8. The molecule has 0 aliphatic carbocycles. The molecule has 4 nitrogen and oxygen atoms in total. The molecule has 0 saturated carbocycles. The summed E-state index contributed by atoms with van der Waals surface area (Å²) in [6, 6.07) is 7.78. The second kappa shape index (κ2) is 5.87. The molecule has 0 radical (unpaired) electrons. The van der Waals surface area contributed by atoms with E-state index in [9.17, 15) is 4.79 Å². The summed E-state index contributed by atoms with van der Waals surface area (Å²) in [5.74, 6) is 0.696. The van der Waals surface area contributed by atoms with Crippen molar-refractivity contribution in [1.29, 1.82) is 0 Å². The number of rotatable bonds is 4. The molecule has 4 heteroatoms. The van der Waals surface area contributed by atoms with Crippen LogP contribution in [0.1, 0.15) is 18.9 Å². The molecule has 2 atom stereocenters. The maximum Gasteiger partial charge on any atom is 0.323 e. The Kier molecular flexibility index (Phi) is 4.20. The fourth-order valence-electron chi connectivity index (χ4n) is 2.21. The van der Waals surface area contributed by atoms with Gasteiger partial charge in [0.05, 0.1) is 7.11 Å². The summed E-state index contributed by atoms with van der Waals surface area (Å²) < 4.78 is 10.7. The van der Waals surface area contributed by atoms with Gasteiger partial charge >= 0.3 is 5.97 Å². The first-order valence-electron chi connectivity index (χ1n) is 6.30. The smallest absolute Gasteiger partial charge is 0.323 e. The number of methoxy groups -OCH3 is 1. The highest BCUT2D eigenvalue weighted by atomic mass is 16.5. The number of hydrogen-bond donors (Lipinski definition) is 1. The number of hydrogen-bond acceptors (Lipinski definition) is 4. The molecule has 2 rings (SSSR count). The third-order valence-corrected chi connectivity index (χ3v) is 3.22. The summed E-state index contributed by atoms with van der Waals surface area (Å²) in [5, 5.41) is 3.12. The van der Waals surface area contributed by atoms with Gasteiger partial charge in [-0.2, -0.15) is 0 Å². The molecule has 1 fully saturated rings. The summed E-state index contributed by atoms with van der Waals surface area (Å²) in [6.07, 6.45) is 1.63. The van der Waals surface area contributed by atoms with Crippen LogP contribution < -0.4 is 10.1 Å². The van der Waals surface area contributed by atoms with Crippen LogP contribution in [0.2, 0.25) is 0 Å². The van der Waals surface area contributed by atoms with Gasteiger partial charge in [0.15, 0.2) is 0 Å². The van der Waals surface area contributed by atoms with Crippen molar-refractivity contribution in [2.24, 2.45) is 0 Å². The lowest BCUT2D eigenvalue weighted by atomic mass is 10.1. The summed E-state index contributed by atoms with van der Waals surface area (Å²) in [4.78, 5) is 11.4. The number of esters is 1. The van der Waals surface area contributed by atoms with Gasteiger partial charge in [-0.3, -0.25) is 4.79 Å². The number of ether oxygens (including phenoxy) is 2. The summed E-state index contributed by atoms with van der Waals surface area (Å²) in [7, 11) is 1.41. The normalized spacial score (nSPS) is 22.8. The van der Waals surface area contributed by atoms with Crippen molar-refractivity contribution in [3.8, 4) is 5.75 Å². The van der Waals surface area contributed by atoms with Gasteiger partial charge in [-0.1, -0.05) is 25.1 Å². The van der Waals surface area contributed by atoms with E-state index in [1.807, 2.05) is 18.2 Å². The number of benzene rings is 1. The molecule has 1 heterocycles. The molecule has 1 aromatic carbocycles. The van der Waals surface area contributed by atoms with E-state index in [-0.39, 0.29) is 18.1 Å². The third-order valence-electron chi connectivity index (χ3n) is 3.22. The second-order valence-corrected chi connectivity index (χ2v) is 4.42. The molecule has 0 bridgehead atoms.